The lowest BCUT2D eigenvalue weighted by atomic mass is 10.1. The number of piperazine rings is 1. The van der Waals surface area contributed by atoms with E-state index in [2.05, 4.69) is 10.3 Å². The summed E-state index contributed by atoms with van der Waals surface area (Å²) < 4.78 is 0. The Bertz CT molecular complexity index is 705. The normalized spacial score (nSPS) is 15.3. The fraction of sp³-hybridized carbons (Fsp3) is 0.143. The molecular formula is C14H11N3O3. The van der Waals surface area contributed by atoms with E-state index in [0.29, 0.717) is 11.1 Å². The Balaban J connectivity index is 2.00. The van der Waals surface area contributed by atoms with Gasteiger partial charge in [0.2, 0.25) is 11.8 Å². The molecule has 0 radical (unpaired) electrons. The highest BCUT2D eigenvalue weighted by atomic mass is 16.2. The average molecular weight is 269 g/mol. The molecule has 3 amide bonds. The number of fused-ring (bicyclic) bond motifs is 1. The fourth-order valence-corrected chi connectivity index (χ4v) is 2.23. The van der Waals surface area contributed by atoms with Gasteiger partial charge in [0, 0.05) is 11.6 Å². The van der Waals surface area contributed by atoms with Gasteiger partial charge >= 0.3 is 0 Å². The third-order valence-electron chi connectivity index (χ3n) is 3.10. The van der Waals surface area contributed by atoms with Crippen molar-refractivity contribution in [2.75, 3.05) is 13.1 Å². The van der Waals surface area contributed by atoms with Crippen molar-refractivity contribution in [2.45, 2.75) is 0 Å². The smallest absolute Gasteiger partial charge is 0.257 e. The van der Waals surface area contributed by atoms with Gasteiger partial charge in [-0.15, -0.1) is 0 Å². The molecule has 2 heterocycles. The number of nitrogens with zero attached hydrogens (tertiary/aromatic N) is 2. The minimum atomic E-state index is -0.470. The number of hydrogen-bond acceptors (Lipinski definition) is 4. The van der Waals surface area contributed by atoms with Gasteiger partial charge in [-0.05, 0) is 12.1 Å². The van der Waals surface area contributed by atoms with E-state index in [1.807, 2.05) is 12.1 Å². The summed E-state index contributed by atoms with van der Waals surface area (Å²) in [7, 11) is 0. The Labute approximate surface area is 114 Å². The lowest BCUT2D eigenvalue weighted by Gasteiger charge is -2.25. The summed E-state index contributed by atoms with van der Waals surface area (Å²) in [5, 5.41) is 3.00. The molecule has 6 heteroatoms. The summed E-state index contributed by atoms with van der Waals surface area (Å²) in [6.45, 7) is -0.235. The number of amides is 3. The van der Waals surface area contributed by atoms with Crippen LogP contribution in [0.5, 0.6) is 0 Å². The Kier molecular flexibility index (Phi) is 2.90. The molecule has 1 aromatic carbocycles. The van der Waals surface area contributed by atoms with Crippen LogP contribution in [0.1, 0.15) is 10.4 Å². The Morgan fingerprint density at radius 2 is 1.80 bits per heavy atom. The highest BCUT2D eigenvalue weighted by Crippen LogP contribution is 2.18. The van der Waals surface area contributed by atoms with Crippen LogP contribution >= 0.6 is 0 Å². The van der Waals surface area contributed by atoms with Gasteiger partial charge in [-0.25, -0.2) is 0 Å². The maximum absolute atomic E-state index is 12.5. The Morgan fingerprint density at radius 1 is 1.10 bits per heavy atom. The quantitative estimate of drug-likeness (QED) is 0.757. The SMILES string of the molecule is O=C1CN(C(=O)c2cccc3cccnc23)CC(=O)N1. The predicted molar refractivity (Wildman–Crippen MR) is 70.8 cm³/mol. The zero-order valence-corrected chi connectivity index (χ0v) is 10.5. The molecule has 1 aliphatic heterocycles. The molecule has 1 aromatic heterocycles. The first-order valence-electron chi connectivity index (χ1n) is 6.11. The number of rotatable bonds is 1. The topological polar surface area (TPSA) is 79.4 Å². The number of carbonyl (C=O) groups is 3. The standard InChI is InChI=1S/C14H11N3O3/c18-11-7-17(8-12(19)16-11)14(20)10-5-1-3-9-4-2-6-15-13(9)10/h1-6H,7-8H2,(H,16,18,19). The molecule has 1 fully saturated rings. The molecule has 6 nitrogen and oxygen atoms in total. The van der Waals surface area contributed by atoms with Gasteiger partial charge in [0.1, 0.15) is 13.1 Å². The van der Waals surface area contributed by atoms with Crippen LogP contribution in [0.25, 0.3) is 10.9 Å². The van der Waals surface area contributed by atoms with E-state index in [1.165, 1.54) is 4.90 Å². The molecule has 1 saturated heterocycles. The second kappa shape index (κ2) is 4.73. The third kappa shape index (κ3) is 2.11. The number of carbonyl (C=O) groups excluding carboxylic acids is 3. The van der Waals surface area contributed by atoms with Crippen molar-refractivity contribution in [1.82, 2.24) is 15.2 Å². The monoisotopic (exact) mass is 269 g/mol. The highest BCUT2D eigenvalue weighted by Gasteiger charge is 2.28. The number of imide groups is 1. The molecule has 0 unspecified atom stereocenters. The van der Waals surface area contributed by atoms with Crippen LogP contribution in [-0.2, 0) is 9.59 Å². The zero-order chi connectivity index (χ0) is 14.1. The number of aromatic nitrogens is 1. The van der Waals surface area contributed by atoms with E-state index in [-0.39, 0.29) is 19.0 Å². The molecular weight excluding hydrogens is 258 g/mol. The number of para-hydroxylation sites is 1. The lowest BCUT2D eigenvalue weighted by Crippen LogP contribution is -2.53. The molecule has 0 saturated carbocycles. The first kappa shape index (κ1) is 12.3. The van der Waals surface area contributed by atoms with Gasteiger partial charge in [0.25, 0.3) is 5.91 Å². The van der Waals surface area contributed by atoms with E-state index >= 15 is 0 Å². The molecule has 3 rings (SSSR count). The minimum Gasteiger partial charge on any atom is -0.320 e. The van der Waals surface area contributed by atoms with Gasteiger partial charge < -0.3 is 4.90 Å². The summed E-state index contributed by atoms with van der Waals surface area (Å²) >= 11 is 0. The average Bonchev–Trinajstić information content (AvgIpc) is 2.45. The largest absolute Gasteiger partial charge is 0.320 e. The molecule has 100 valence electrons. The van der Waals surface area contributed by atoms with Crippen LogP contribution in [0.3, 0.4) is 0 Å². The summed E-state index contributed by atoms with van der Waals surface area (Å²) in [6.07, 6.45) is 1.60. The van der Waals surface area contributed by atoms with Gasteiger partial charge in [-0.3, -0.25) is 24.7 Å². The van der Waals surface area contributed by atoms with Crippen molar-refractivity contribution in [1.29, 1.82) is 0 Å². The number of nitrogens with one attached hydrogen (secondary N) is 1. The van der Waals surface area contributed by atoms with Crippen molar-refractivity contribution in [3.05, 3.63) is 42.1 Å². The summed E-state index contributed by atoms with van der Waals surface area (Å²) in [6, 6.07) is 8.90. The Morgan fingerprint density at radius 3 is 2.55 bits per heavy atom. The number of pyridine rings is 1. The van der Waals surface area contributed by atoms with Crippen LogP contribution in [0.15, 0.2) is 36.5 Å². The second-order valence-electron chi connectivity index (χ2n) is 4.51. The van der Waals surface area contributed by atoms with Crippen LogP contribution in [0, 0.1) is 0 Å². The molecule has 0 spiro atoms. The van der Waals surface area contributed by atoms with E-state index < -0.39 is 11.8 Å². The fourth-order valence-electron chi connectivity index (χ4n) is 2.23. The summed E-state index contributed by atoms with van der Waals surface area (Å²) in [4.78, 5) is 40.6. The van der Waals surface area contributed by atoms with Crippen LogP contribution in [0.2, 0.25) is 0 Å². The summed E-state index contributed by atoms with van der Waals surface area (Å²) in [5.41, 5.74) is 0.962. The molecule has 1 N–H and O–H groups in total. The number of hydrogen-bond donors (Lipinski definition) is 1. The van der Waals surface area contributed by atoms with E-state index in [4.69, 9.17) is 0 Å². The second-order valence-corrected chi connectivity index (χ2v) is 4.51. The molecule has 0 bridgehead atoms. The summed E-state index contributed by atoms with van der Waals surface area (Å²) in [5.74, 6) is -1.30. The van der Waals surface area contributed by atoms with Crippen molar-refractivity contribution in [3.63, 3.8) is 0 Å². The lowest BCUT2D eigenvalue weighted by molar-refractivity contribution is -0.135. The van der Waals surface area contributed by atoms with Crippen molar-refractivity contribution in [3.8, 4) is 0 Å². The first-order chi connectivity index (χ1) is 9.65. The molecule has 2 aromatic rings. The minimum absolute atomic E-state index is 0.117. The first-order valence-corrected chi connectivity index (χ1v) is 6.11. The van der Waals surface area contributed by atoms with Gasteiger partial charge in [-0.1, -0.05) is 18.2 Å². The van der Waals surface area contributed by atoms with E-state index in [0.717, 1.165) is 5.39 Å². The van der Waals surface area contributed by atoms with Crippen LogP contribution in [0.4, 0.5) is 0 Å². The Hall–Kier alpha value is -2.76. The van der Waals surface area contributed by atoms with Gasteiger partial charge in [0.15, 0.2) is 0 Å². The van der Waals surface area contributed by atoms with Crippen molar-refractivity contribution < 1.29 is 14.4 Å². The zero-order valence-electron chi connectivity index (χ0n) is 10.5. The van der Waals surface area contributed by atoms with Gasteiger partial charge in [-0.2, -0.15) is 0 Å². The van der Waals surface area contributed by atoms with Crippen molar-refractivity contribution >= 4 is 28.6 Å². The number of benzene rings is 1. The molecule has 0 aliphatic carbocycles. The van der Waals surface area contributed by atoms with E-state index in [1.54, 1.807) is 24.4 Å². The van der Waals surface area contributed by atoms with Crippen LogP contribution < -0.4 is 5.32 Å². The molecule has 0 atom stereocenters. The predicted octanol–water partition coefficient (Wildman–Crippen LogP) is 0.333. The molecule has 20 heavy (non-hydrogen) atoms. The molecule has 1 aliphatic rings. The highest BCUT2D eigenvalue weighted by molar-refractivity contribution is 6.10. The van der Waals surface area contributed by atoms with Gasteiger partial charge in [0.05, 0.1) is 11.1 Å². The maximum Gasteiger partial charge on any atom is 0.257 e. The van der Waals surface area contributed by atoms with Crippen LogP contribution in [-0.4, -0.2) is 40.7 Å². The third-order valence-corrected chi connectivity index (χ3v) is 3.10. The van der Waals surface area contributed by atoms with E-state index in [9.17, 15) is 14.4 Å². The van der Waals surface area contributed by atoms with Crippen molar-refractivity contribution in [2.24, 2.45) is 0 Å². The maximum atomic E-state index is 12.5.